The first kappa shape index (κ1) is 40.2. The van der Waals surface area contributed by atoms with Crippen LogP contribution in [0.25, 0.3) is 58.8 Å². The SMILES string of the molecule is Cc1cc(C(C)(C)C)cc(C)c1N1[CH-]N(c2[c-]c(Oc3[c-]c4c(cc3)c3ccc5sc6ccccc6c5c3n4-c3cc(C(C)(C)C)ccn3)ccc2)c2oc3ccccc3c21.[Pt]. The molecule has 0 unspecified atom stereocenters. The van der Waals surface area contributed by atoms with Crippen LogP contribution in [0, 0.1) is 32.6 Å². The Kier molecular flexibility index (Phi) is 9.47. The van der Waals surface area contributed by atoms with Gasteiger partial charge < -0.3 is 23.5 Å². The van der Waals surface area contributed by atoms with Crippen LogP contribution in [0.15, 0.2) is 126 Å². The van der Waals surface area contributed by atoms with E-state index in [0.717, 1.165) is 61.5 Å². The van der Waals surface area contributed by atoms with E-state index in [4.69, 9.17) is 14.1 Å². The van der Waals surface area contributed by atoms with Crippen LogP contribution in [0.1, 0.15) is 63.8 Å². The molecule has 62 heavy (non-hydrogen) atoms. The average Bonchev–Trinajstić information content (AvgIpc) is 3.98. The second-order valence-corrected chi connectivity index (χ2v) is 19.4. The van der Waals surface area contributed by atoms with Crippen molar-refractivity contribution in [1.29, 1.82) is 0 Å². The molecule has 0 bridgehead atoms. The Morgan fingerprint density at radius 3 is 2.13 bits per heavy atom. The number of nitrogens with zero attached hydrogens (tertiary/aromatic N) is 4. The van der Waals surface area contributed by atoms with Crippen molar-refractivity contribution in [2.45, 2.75) is 66.2 Å². The minimum atomic E-state index is -0.0544. The van der Waals surface area contributed by atoms with Crippen LogP contribution < -0.4 is 14.5 Å². The van der Waals surface area contributed by atoms with Gasteiger partial charge in [0, 0.05) is 70.0 Å². The van der Waals surface area contributed by atoms with Crippen molar-refractivity contribution in [2.24, 2.45) is 0 Å². The molecule has 0 fully saturated rings. The predicted molar refractivity (Wildman–Crippen MR) is 254 cm³/mol. The standard InChI is InChI=1S/C54H45N4O2S.Pt/c1-32-26-35(54(6,7)8)27-33(2)49(32)57-31-56(52-51(57)41-16-9-11-18-44(41)60-52)36-14-13-15-37(29-36)59-38-20-21-39-40-22-23-46-48(42-17-10-12-19-45(42)61-46)50(40)58(43(39)30-38)47-28-34(24-25-55-47)53(3,4)5;/h9-28,31H,1-8H3;/q-3;. The monoisotopic (exact) mass is 1010 g/mol. The van der Waals surface area contributed by atoms with E-state index in [9.17, 15) is 0 Å². The molecule has 0 aliphatic carbocycles. The van der Waals surface area contributed by atoms with E-state index < -0.39 is 0 Å². The molecule has 0 N–H and O–H groups in total. The van der Waals surface area contributed by atoms with Crippen LogP contribution in [0.3, 0.4) is 0 Å². The molecule has 6 aromatic carbocycles. The zero-order chi connectivity index (χ0) is 41.9. The summed E-state index contributed by atoms with van der Waals surface area (Å²) in [7, 11) is 0. The summed E-state index contributed by atoms with van der Waals surface area (Å²) >= 11 is 1.82. The van der Waals surface area contributed by atoms with Gasteiger partial charge in [-0.2, -0.15) is 12.1 Å². The third-order valence-electron chi connectivity index (χ3n) is 12.1. The number of thiophene rings is 1. The number of hydrogen-bond donors (Lipinski definition) is 0. The van der Waals surface area contributed by atoms with Crippen molar-refractivity contribution in [3.63, 3.8) is 0 Å². The van der Waals surface area contributed by atoms with E-state index in [-0.39, 0.29) is 31.9 Å². The van der Waals surface area contributed by atoms with E-state index in [1.807, 2.05) is 53.9 Å². The molecular formula is C54H45N4O2PtS-3. The second kappa shape index (κ2) is 14.6. The molecule has 5 heterocycles. The zero-order valence-electron chi connectivity index (χ0n) is 36.0. The van der Waals surface area contributed by atoms with Crippen LogP contribution in [0.5, 0.6) is 11.5 Å². The number of anilines is 4. The predicted octanol–water partition coefficient (Wildman–Crippen LogP) is 15.3. The van der Waals surface area contributed by atoms with Gasteiger partial charge in [-0.1, -0.05) is 101 Å². The smallest absolute Gasteiger partial charge is 0.193 e. The number of hydrogen-bond acceptors (Lipinski definition) is 6. The van der Waals surface area contributed by atoms with Gasteiger partial charge in [0.15, 0.2) is 5.88 Å². The fourth-order valence-corrected chi connectivity index (χ4v) is 10.1. The van der Waals surface area contributed by atoms with Crippen LogP contribution in [-0.4, -0.2) is 9.55 Å². The van der Waals surface area contributed by atoms with E-state index in [1.165, 1.54) is 42.4 Å². The minimum Gasteiger partial charge on any atom is -0.509 e. The normalized spacial score (nSPS) is 13.2. The maximum absolute atomic E-state index is 6.71. The van der Waals surface area contributed by atoms with E-state index >= 15 is 0 Å². The summed E-state index contributed by atoms with van der Waals surface area (Å²) in [6, 6.07) is 47.8. The van der Waals surface area contributed by atoms with Crippen molar-refractivity contribution < 1.29 is 30.2 Å². The summed E-state index contributed by atoms with van der Waals surface area (Å²) in [6.07, 6.45) is 1.92. The molecule has 8 heteroatoms. The van der Waals surface area contributed by atoms with Gasteiger partial charge >= 0.3 is 0 Å². The minimum absolute atomic E-state index is 0. The molecule has 0 amide bonds. The molecule has 0 saturated carbocycles. The maximum atomic E-state index is 6.71. The Morgan fingerprint density at radius 2 is 1.35 bits per heavy atom. The molecule has 0 saturated heterocycles. The zero-order valence-corrected chi connectivity index (χ0v) is 39.0. The van der Waals surface area contributed by atoms with E-state index in [0.29, 0.717) is 11.5 Å². The quantitative estimate of drug-likeness (QED) is 0.161. The Morgan fingerprint density at radius 1 is 0.645 bits per heavy atom. The number of para-hydroxylation sites is 1. The average molecular weight is 1010 g/mol. The number of benzene rings is 6. The molecule has 1 aliphatic heterocycles. The van der Waals surface area contributed by atoms with Crippen molar-refractivity contribution in [2.75, 3.05) is 9.80 Å². The van der Waals surface area contributed by atoms with Gasteiger partial charge in [0.1, 0.15) is 11.4 Å². The van der Waals surface area contributed by atoms with Crippen LogP contribution in [-0.2, 0) is 31.9 Å². The van der Waals surface area contributed by atoms with Crippen LogP contribution in [0.4, 0.5) is 22.9 Å². The fourth-order valence-electron chi connectivity index (χ4n) is 9.02. The molecule has 312 valence electrons. The first-order valence-electron chi connectivity index (χ1n) is 20.9. The van der Waals surface area contributed by atoms with Gasteiger partial charge in [-0.05, 0) is 88.7 Å². The van der Waals surface area contributed by atoms with Crippen molar-refractivity contribution >= 4 is 87.2 Å². The topological polar surface area (TPSA) is 46.7 Å². The third kappa shape index (κ3) is 6.43. The van der Waals surface area contributed by atoms with E-state index in [1.54, 1.807) is 0 Å². The molecule has 0 radical (unpaired) electrons. The fraction of sp³-hybridized carbons (Fsp3) is 0.185. The van der Waals surface area contributed by atoms with Gasteiger partial charge in [0.2, 0.25) is 0 Å². The summed E-state index contributed by atoms with van der Waals surface area (Å²) in [4.78, 5) is 9.35. The molecule has 0 atom stereocenters. The molecular weight excluding hydrogens is 964 g/mol. The largest absolute Gasteiger partial charge is 0.509 e. The molecule has 11 rings (SSSR count). The Hall–Kier alpha value is -5.88. The summed E-state index contributed by atoms with van der Waals surface area (Å²) < 4.78 is 18.1. The third-order valence-corrected chi connectivity index (χ3v) is 13.2. The molecule has 1 aliphatic rings. The van der Waals surface area contributed by atoms with Crippen molar-refractivity contribution in [3.8, 4) is 17.3 Å². The van der Waals surface area contributed by atoms with Gasteiger partial charge in [0.05, 0.1) is 11.2 Å². The maximum Gasteiger partial charge on any atom is 0.193 e. The summed E-state index contributed by atoms with van der Waals surface area (Å²) in [5.74, 6) is 2.75. The van der Waals surface area contributed by atoms with Crippen molar-refractivity contribution in [3.05, 3.63) is 163 Å². The second-order valence-electron chi connectivity index (χ2n) is 18.3. The number of ether oxygens (including phenoxy) is 1. The van der Waals surface area contributed by atoms with Gasteiger partial charge in [-0.15, -0.1) is 53.7 Å². The summed E-state index contributed by atoms with van der Waals surface area (Å²) in [5, 5.41) is 5.76. The van der Waals surface area contributed by atoms with Gasteiger partial charge in [0.25, 0.3) is 0 Å². The molecule has 10 aromatic rings. The molecule has 0 spiro atoms. The van der Waals surface area contributed by atoms with Gasteiger partial charge in [-0.3, -0.25) is 0 Å². The Balaban J connectivity index is 0.00000458. The summed E-state index contributed by atoms with van der Waals surface area (Å²) in [5.41, 5.74) is 10.7. The van der Waals surface area contributed by atoms with Crippen molar-refractivity contribution in [1.82, 2.24) is 9.55 Å². The number of fused-ring (bicyclic) bond motifs is 10. The molecule has 4 aromatic heterocycles. The van der Waals surface area contributed by atoms with E-state index in [2.05, 4.69) is 167 Å². The number of pyridine rings is 1. The van der Waals surface area contributed by atoms with Gasteiger partial charge in [-0.25, -0.2) is 4.98 Å². The molecule has 6 nitrogen and oxygen atoms in total. The van der Waals surface area contributed by atoms with Crippen LogP contribution >= 0.6 is 11.3 Å². The Bertz CT molecular complexity index is 3380. The first-order chi connectivity index (χ1) is 29.3. The number of furan rings is 1. The Labute approximate surface area is 380 Å². The first-order valence-corrected chi connectivity index (χ1v) is 21.7. The van der Waals surface area contributed by atoms with Crippen LogP contribution in [0.2, 0.25) is 0 Å². The number of rotatable bonds is 5. The summed E-state index contributed by atoms with van der Waals surface area (Å²) in [6.45, 7) is 20.0. The number of aromatic nitrogens is 2. The number of aryl methyl sites for hydroxylation is 2.